The number of anilines is 1. The molecule has 3 aromatic carbocycles. The second kappa shape index (κ2) is 14.8. The van der Waals surface area contributed by atoms with Crippen LogP contribution in [0.3, 0.4) is 0 Å². The molecule has 1 amide bonds. The predicted octanol–water partition coefficient (Wildman–Crippen LogP) is 4.10. The third kappa shape index (κ3) is 8.93. The lowest BCUT2D eigenvalue weighted by Gasteiger charge is -2.41. The van der Waals surface area contributed by atoms with E-state index in [9.17, 15) is 34.4 Å². The van der Waals surface area contributed by atoms with Crippen molar-refractivity contribution in [2.45, 2.75) is 63.2 Å². The fourth-order valence-electron chi connectivity index (χ4n) is 4.49. The molecular formula is C32H38FNO7. The topological polar surface area (TPSA) is 139 Å². The van der Waals surface area contributed by atoms with Crippen molar-refractivity contribution in [3.05, 3.63) is 101 Å². The monoisotopic (exact) mass is 567 g/mol. The molecule has 0 saturated carbocycles. The molecular weight excluding hydrogens is 529 g/mol. The molecule has 1 aliphatic heterocycles. The summed E-state index contributed by atoms with van der Waals surface area (Å²) in [6.45, 7) is 0.902. The largest absolute Gasteiger partial charge is 0.481 e. The second-order valence-corrected chi connectivity index (χ2v) is 10.3. The minimum Gasteiger partial charge on any atom is -0.481 e. The van der Waals surface area contributed by atoms with Crippen molar-refractivity contribution in [3.63, 3.8) is 0 Å². The number of aliphatic hydroxyl groups excluding tert-OH is 3. The van der Waals surface area contributed by atoms with Crippen LogP contribution in [0.1, 0.15) is 67.0 Å². The number of hydrogen-bond donors (Lipinski definition) is 5. The fraction of sp³-hybridized carbons (Fsp3) is 0.375. The Labute approximate surface area is 239 Å². The summed E-state index contributed by atoms with van der Waals surface area (Å²) in [7, 11) is 0. The van der Waals surface area contributed by atoms with E-state index in [0.29, 0.717) is 25.7 Å². The number of halogens is 1. The molecule has 0 bridgehead atoms. The standard InChI is InChI=1S/C23H27NO6.C9H11FO/c25-14-23(30,15-26)12-11-17-1-6-18(7-2-17)20-13-21(27)24(20)19-8-3-16(4-9-19)5-10-22(28)29;1-2-9(11)7-3-5-8(10)6-4-7/h1-4,6-9,20,25-26,30H,5,10-15H2,(H,28,29);3-6,9,11H,2H2,1H3. The van der Waals surface area contributed by atoms with Crippen LogP contribution in [0.5, 0.6) is 0 Å². The van der Waals surface area contributed by atoms with Gasteiger partial charge in [0.1, 0.15) is 11.4 Å². The second-order valence-electron chi connectivity index (χ2n) is 10.3. The van der Waals surface area contributed by atoms with E-state index >= 15 is 0 Å². The van der Waals surface area contributed by atoms with E-state index < -0.39 is 30.9 Å². The Balaban J connectivity index is 0.000000352. The van der Waals surface area contributed by atoms with Crippen molar-refractivity contribution in [2.24, 2.45) is 0 Å². The number of amides is 1. The van der Waals surface area contributed by atoms with E-state index in [4.69, 9.17) is 5.11 Å². The Morgan fingerprint density at radius 2 is 1.51 bits per heavy atom. The summed E-state index contributed by atoms with van der Waals surface area (Å²) < 4.78 is 12.4. The molecule has 1 fully saturated rings. The highest BCUT2D eigenvalue weighted by Gasteiger charge is 2.38. The van der Waals surface area contributed by atoms with Gasteiger partial charge >= 0.3 is 5.97 Å². The number of rotatable bonds is 12. The quantitative estimate of drug-likeness (QED) is 0.208. The van der Waals surface area contributed by atoms with Crippen molar-refractivity contribution in [3.8, 4) is 0 Å². The Kier molecular flexibility index (Phi) is 11.5. The molecule has 1 aliphatic rings. The van der Waals surface area contributed by atoms with Crippen molar-refractivity contribution < 1.29 is 39.5 Å². The van der Waals surface area contributed by atoms with Gasteiger partial charge in [-0.25, -0.2) is 4.39 Å². The van der Waals surface area contributed by atoms with Crippen LogP contribution in [0.25, 0.3) is 0 Å². The Morgan fingerprint density at radius 3 is 2.02 bits per heavy atom. The van der Waals surface area contributed by atoms with Crippen LogP contribution in [0.2, 0.25) is 0 Å². The summed E-state index contributed by atoms with van der Waals surface area (Å²) >= 11 is 0. The van der Waals surface area contributed by atoms with Gasteiger partial charge in [0.2, 0.25) is 5.91 Å². The molecule has 41 heavy (non-hydrogen) atoms. The number of hydrogen-bond acceptors (Lipinski definition) is 6. The Bertz CT molecular complexity index is 1260. The van der Waals surface area contributed by atoms with Crippen LogP contribution in [0.15, 0.2) is 72.8 Å². The van der Waals surface area contributed by atoms with Crippen LogP contribution in [-0.4, -0.2) is 56.2 Å². The number of carbonyl (C=O) groups is 2. The number of aryl methyl sites for hydroxylation is 2. The number of nitrogens with zero attached hydrogens (tertiary/aromatic N) is 1. The summed E-state index contributed by atoms with van der Waals surface area (Å²) in [5, 5.41) is 46.4. The average molecular weight is 568 g/mol. The van der Waals surface area contributed by atoms with Gasteiger partial charge < -0.3 is 30.4 Å². The summed E-state index contributed by atoms with van der Waals surface area (Å²) in [6, 6.07) is 21.0. The van der Waals surface area contributed by atoms with Gasteiger partial charge in [-0.1, -0.05) is 55.5 Å². The number of carboxylic acids is 1. The highest BCUT2D eigenvalue weighted by atomic mass is 19.1. The number of aliphatic carboxylic acids is 1. The van der Waals surface area contributed by atoms with Gasteiger partial charge in [-0.2, -0.15) is 0 Å². The SMILES string of the molecule is CCC(O)c1ccc(F)cc1.O=C(O)CCc1ccc(N2C(=O)CC2c2ccc(CCC(O)(CO)CO)cc2)cc1. The van der Waals surface area contributed by atoms with E-state index in [0.717, 1.165) is 27.9 Å². The summed E-state index contributed by atoms with van der Waals surface area (Å²) in [4.78, 5) is 24.7. The lowest BCUT2D eigenvalue weighted by atomic mass is 9.91. The normalized spacial score (nSPS) is 15.5. The smallest absolute Gasteiger partial charge is 0.303 e. The minimum atomic E-state index is -1.48. The van der Waals surface area contributed by atoms with Crippen molar-refractivity contribution >= 4 is 17.6 Å². The third-order valence-electron chi connectivity index (χ3n) is 7.26. The lowest BCUT2D eigenvalue weighted by Crippen LogP contribution is -2.46. The lowest BCUT2D eigenvalue weighted by molar-refractivity contribution is -0.137. The molecule has 1 saturated heterocycles. The van der Waals surface area contributed by atoms with E-state index in [1.165, 1.54) is 12.1 Å². The molecule has 3 aromatic rings. The molecule has 5 N–H and O–H groups in total. The average Bonchev–Trinajstić information content (AvgIpc) is 2.99. The van der Waals surface area contributed by atoms with Gasteiger partial charge in [0, 0.05) is 12.1 Å². The van der Waals surface area contributed by atoms with Crippen LogP contribution in [-0.2, 0) is 22.4 Å². The van der Waals surface area contributed by atoms with Crippen LogP contribution < -0.4 is 4.90 Å². The first-order valence-electron chi connectivity index (χ1n) is 13.7. The number of β-lactam (4-membered cyclic amide) rings is 1. The van der Waals surface area contributed by atoms with E-state index in [1.807, 2.05) is 55.5 Å². The first kappa shape index (κ1) is 31.9. The number of carbonyl (C=O) groups excluding carboxylic acids is 1. The highest BCUT2D eigenvalue weighted by Crippen LogP contribution is 2.39. The van der Waals surface area contributed by atoms with Crippen LogP contribution in [0, 0.1) is 5.82 Å². The van der Waals surface area contributed by atoms with Gasteiger partial charge in [-0.3, -0.25) is 9.59 Å². The fourth-order valence-corrected chi connectivity index (χ4v) is 4.49. The molecule has 2 unspecified atom stereocenters. The first-order chi connectivity index (χ1) is 19.6. The predicted molar refractivity (Wildman–Crippen MR) is 153 cm³/mol. The zero-order valence-corrected chi connectivity index (χ0v) is 23.1. The molecule has 9 heteroatoms. The molecule has 2 atom stereocenters. The zero-order chi connectivity index (χ0) is 30.0. The Morgan fingerprint density at radius 1 is 0.951 bits per heavy atom. The van der Waals surface area contributed by atoms with Crippen molar-refractivity contribution in [2.75, 3.05) is 18.1 Å². The number of aliphatic hydroxyl groups is 4. The summed E-state index contributed by atoms with van der Waals surface area (Å²) in [6.07, 6.45) is 1.92. The van der Waals surface area contributed by atoms with Gasteiger partial charge in [0.25, 0.3) is 0 Å². The Hall–Kier alpha value is -3.63. The third-order valence-corrected chi connectivity index (χ3v) is 7.26. The molecule has 0 spiro atoms. The molecule has 4 rings (SSSR count). The highest BCUT2D eigenvalue weighted by molar-refractivity contribution is 6.01. The maximum atomic E-state index is 12.4. The van der Waals surface area contributed by atoms with Crippen LogP contribution >= 0.6 is 0 Å². The molecule has 0 aliphatic carbocycles. The van der Waals surface area contributed by atoms with Gasteiger partial charge in [-0.05, 0) is 72.2 Å². The maximum absolute atomic E-state index is 12.4. The van der Waals surface area contributed by atoms with E-state index in [-0.39, 0.29) is 30.6 Å². The summed E-state index contributed by atoms with van der Waals surface area (Å²) in [5.74, 6) is -1.06. The summed E-state index contributed by atoms with van der Waals surface area (Å²) in [5.41, 5.74) is 2.98. The molecule has 1 heterocycles. The molecule has 220 valence electrons. The van der Waals surface area contributed by atoms with Gasteiger partial charge in [-0.15, -0.1) is 0 Å². The van der Waals surface area contributed by atoms with Crippen molar-refractivity contribution in [1.82, 2.24) is 0 Å². The van der Waals surface area contributed by atoms with E-state index in [1.54, 1.807) is 17.0 Å². The van der Waals surface area contributed by atoms with Crippen LogP contribution in [0.4, 0.5) is 10.1 Å². The molecule has 0 radical (unpaired) electrons. The van der Waals surface area contributed by atoms with Crippen molar-refractivity contribution in [1.29, 1.82) is 0 Å². The van der Waals surface area contributed by atoms with E-state index in [2.05, 4.69) is 0 Å². The molecule has 8 nitrogen and oxygen atoms in total. The van der Waals surface area contributed by atoms with Gasteiger partial charge in [0.15, 0.2) is 0 Å². The molecule has 0 aromatic heterocycles. The minimum absolute atomic E-state index is 0.0401. The first-order valence-corrected chi connectivity index (χ1v) is 13.7. The number of benzene rings is 3. The van der Waals surface area contributed by atoms with Gasteiger partial charge in [0.05, 0.1) is 31.8 Å². The maximum Gasteiger partial charge on any atom is 0.303 e. The zero-order valence-electron chi connectivity index (χ0n) is 23.1. The number of carboxylic acid groups (broad SMARTS) is 1.